The Kier molecular flexibility index (Phi) is 2.99. The number of fused-ring (bicyclic) bond motifs is 1. The fourth-order valence-corrected chi connectivity index (χ4v) is 2.21. The van der Waals surface area contributed by atoms with Crippen molar-refractivity contribution in [1.29, 1.82) is 0 Å². The first-order chi connectivity index (χ1) is 8.45. The van der Waals surface area contributed by atoms with E-state index in [1.54, 1.807) is 12.1 Å². The van der Waals surface area contributed by atoms with Crippen LogP contribution in [0.5, 0.6) is 5.75 Å². The molecule has 0 bridgehead atoms. The van der Waals surface area contributed by atoms with Gasteiger partial charge in [0.2, 0.25) is 5.56 Å². The van der Waals surface area contributed by atoms with Gasteiger partial charge in [-0.2, -0.15) is 0 Å². The summed E-state index contributed by atoms with van der Waals surface area (Å²) >= 11 is 0. The molecule has 0 spiro atoms. The standard InChI is InChI=1S/C15H17NO2/c1-5-8(2)12-7-11-9(3)6-13(17)16-14(11)10(4)15(12)18/h5-8,18H,1H2,2-4H3,(H,16,17). The van der Waals surface area contributed by atoms with Gasteiger partial charge in [0.05, 0.1) is 5.52 Å². The molecule has 3 heteroatoms. The van der Waals surface area contributed by atoms with Crippen LogP contribution in [0.2, 0.25) is 0 Å². The van der Waals surface area contributed by atoms with E-state index < -0.39 is 0 Å². The lowest BCUT2D eigenvalue weighted by molar-refractivity contribution is 0.463. The van der Waals surface area contributed by atoms with Crippen molar-refractivity contribution in [2.75, 3.05) is 0 Å². The van der Waals surface area contributed by atoms with E-state index in [0.29, 0.717) is 11.1 Å². The van der Waals surface area contributed by atoms with Crippen LogP contribution in [0, 0.1) is 13.8 Å². The number of nitrogens with one attached hydrogen (secondary N) is 1. The second kappa shape index (κ2) is 4.33. The fraction of sp³-hybridized carbons (Fsp3) is 0.267. The Morgan fingerprint density at radius 3 is 2.67 bits per heavy atom. The summed E-state index contributed by atoms with van der Waals surface area (Å²) in [6.07, 6.45) is 1.79. The number of phenols is 1. The quantitative estimate of drug-likeness (QED) is 0.796. The molecule has 1 unspecified atom stereocenters. The number of aromatic amines is 1. The van der Waals surface area contributed by atoms with Crippen molar-refractivity contribution in [3.63, 3.8) is 0 Å². The number of aryl methyl sites for hydroxylation is 2. The van der Waals surface area contributed by atoms with E-state index in [0.717, 1.165) is 16.5 Å². The highest BCUT2D eigenvalue weighted by Crippen LogP contribution is 2.34. The zero-order chi connectivity index (χ0) is 13.4. The Bertz CT molecular complexity index is 683. The molecular formula is C15H17NO2. The van der Waals surface area contributed by atoms with Crippen LogP contribution in [0.4, 0.5) is 0 Å². The van der Waals surface area contributed by atoms with Gasteiger partial charge in [-0.25, -0.2) is 0 Å². The SMILES string of the molecule is C=CC(C)c1cc2c(C)cc(=O)[nH]c2c(C)c1O. The molecule has 0 saturated heterocycles. The topological polar surface area (TPSA) is 53.1 Å². The molecule has 0 amide bonds. The first-order valence-electron chi connectivity index (χ1n) is 5.94. The number of rotatable bonds is 2. The molecule has 94 valence electrons. The number of aromatic nitrogens is 1. The largest absolute Gasteiger partial charge is 0.507 e. The number of phenolic OH excluding ortho intramolecular Hbond substituents is 1. The number of aromatic hydroxyl groups is 1. The Morgan fingerprint density at radius 1 is 1.39 bits per heavy atom. The van der Waals surface area contributed by atoms with Gasteiger partial charge in [-0.1, -0.05) is 13.0 Å². The molecular weight excluding hydrogens is 226 g/mol. The van der Waals surface area contributed by atoms with Crippen LogP contribution < -0.4 is 5.56 Å². The normalized spacial score (nSPS) is 12.6. The maximum atomic E-state index is 11.5. The number of hydrogen-bond acceptors (Lipinski definition) is 2. The van der Waals surface area contributed by atoms with E-state index in [2.05, 4.69) is 11.6 Å². The summed E-state index contributed by atoms with van der Waals surface area (Å²) in [5, 5.41) is 11.2. The Balaban J connectivity index is 2.92. The van der Waals surface area contributed by atoms with E-state index >= 15 is 0 Å². The molecule has 0 fully saturated rings. The average molecular weight is 243 g/mol. The van der Waals surface area contributed by atoms with Crippen molar-refractivity contribution in [1.82, 2.24) is 4.98 Å². The Labute approximate surface area is 106 Å². The number of H-pyrrole nitrogens is 1. The first kappa shape index (κ1) is 12.4. The van der Waals surface area contributed by atoms with E-state index in [4.69, 9.17) is 0 Å². The van der Waals surface area contributed by atoms with E-state index in [1.165, 1.54) is 0 Å². The minimum atomic E-state index is -0.146. The van der Waals surface area contributed by atoms with Crippen molar-refractivity contribution in [2.24, 2.45) is 0 Å². The first-order valence-corrected chi connectivity index (χ1v) is 5.94. The summed E-state index contributed by atoms with van der Waals surface area (Å²) in [6, 6.07) is 3.50. The molecule has 1 aromatic heterocycles. The summed E-state index contributed by atoms with van der Waals surface area (Å²) < 4.78 is 0. The molecule has 2 aromatic rings. The van der Waals surface area contributed by atoms with E-state index in [9.17, 15) is 9.90 Å². The van der Waals surface area contributed by atoms with Gasteiger partial charge < -0.3 is 10.1 Å². The fourth-order valence-electron chi connectivity index (χ4n) is 2.21. The van der Waals surface area contributed by atoms with Crippen LogP contribution >= 0.6 is 0 Å². The van der Waals surface area contributed by atoms with Gasteiger partial charge in [0.1, 0.15) is 5.75 Å². The van der Waals surface area contributed by atoms with Crippen molar-refractivity contribution < 1.29 is 5.11 Å². The van der Waals surface area contributed by atoms with Crippen LogP contribution in [-0.4, -0.2) is 10.1 Å². The zero-order valence-corrected chi connectivity index (χ0v) is 10.9. The Morgan fingerprint density at radius 2 is 2.06 bits per heavy atom. The molecule has 1 aromatic carbocycles. The minimum absolute atomic E-state index is 0.0689. The van der Waals surface area contributed by atoms with Crippen molar-refractivity contribution in [3.05, 3.63) is 51.8 Å². The molecule has 3 nitrogen and oxygen atoms in total. The third-order valence-corrected chi connectivity index (χ3v) is 3.44. The van der Waals surface area contributed by atoms with Gasteiger partial charge in [-0.15, -0.1) is 6.58 Å². The highest BCUT2D eigenvalue weighted by molar-refractivity contribution is 5.87. The summed E-state index contributed by atoms with van der Waals surface area (Å²) in [5.74, 6) is 0.301. The third kappa shape index (κ3) is 1.82. The van der Waals surface area contributed by atoms with Gasteiger partial charge in [-0.3, -0.25) is 4.79 Å². The molecule has 18 heavy (non-hydrogen) atoms. The molecule has 2 N–H and O–H groups in total. The number of pyridine rings is 1. The maximum absolute atomic E-state index is 11.5. The third-order valence-electron chi connectivity index (χ3n) is 3.44. The van der Waals surface area contributed by atoms with Crippen molar-refractivity contribution in [3.8, 4) is 5.75 Å². The van der Waals surface area contributed by atoms with Crippen molar-refractivity contribution >= 4 is 10.9 Å². The van der Waals surface area contributed by atoms with Gasteiger partial charge >= 0.3 is 0 Å². The molecule has 0 aliphatic carbocycles. The van der Waals surface area contributed by atoms with Gasteiger partial charge in [0, 0.05) is 28.5 Å². The zero-order valence-electron chi connectivity index (χ0n) is 10.9. The van der Waals surface area contributed by atoms with Gasteiger partial charge in [-0.05, 0) is 25.5 Å². The highest BCUT2D eigenvalue weighted by atomic mass is 16.3. The molecule has 0 aliphatic heterocycles. The van der Waals surface area contributed by atoms with Crippen LogP contribution in [-0.2, 0) is 0 Å². The monoisotopic (exact) mass is 243 g/mol. The Hall–Kier alpha value is -2.03. The lowest BCUT2D eigenvalue weighted by Gasteiger charge is -2.15. The lowest BCUT2D eigenvalue weighted by atomic mass is 9.94. The second-order valence-corrected chi connectivity index (χ2v) is 4.70. The molecule has 1 heterocycles. The van der Waals surface area contributed by atoms with Crippen LogP contribution in [0.3, 0.4) is 0 Å². The minimum Gasteiger partial charge on any atom is -0.507 e. The second-order valence-electron chi connectivity index (χ2n) is 4.70. The lowest BCUT2D eigenvalue weighted by Crippen LogP contribution is -2.07. The van der Waals surface area contributed by atoms with Crippen LogP contribution in [0.15, 0.2) is 29.6 Å². The predicted molar refractivity (Wildman–Crippen MR) is 74.3 cm³/mol. The highest BCUT2D eigenvalue weighted by Gasteiger charge is 2.14. The summed E-state index contributed by atoms with van der Waals surface area (Å²) in [7, 11) is 0. The molecule has 2 rings (SSSR count). The van der Waals surface area contributed by atoms with Crippen molar-refractivity contribution in [2.45, 2.75) is 26.7 Å². The summed E-state index contributed by atoms with van der Waals surface area (Å²) in [5.41, 5.74) is 3.01. The van der Waals surface area contributed by atoms with E-state index in [1.807, 2.05) is 26.8 Å². The molecule has 0 radical (unpaired) electrons. The van der Waals surface area contributed by atoms with Gasteiger partial charge in [0.15, 0.2) is 0 Å². The maximum Gasteiger partial charge on any atom is 0.248 e. The van der Waals surface area contributed by atoms with Gasteiger partial charge in [0.25, 0.3) is 0 Å². The predicted octanol–water partition coefficient (Wildman–Crippen LogP) is 3.14. The number of allylic oxidation sites excluding steroid dienone is 1. The molecule has 0 saturated carbocycles. The summed E-state index contributed by atoms with van der Waals surface area (Å²) in [4.78, 5) is 14.3. The van der Waals surface area contributed by atoms with Crippen LogP contribution in [0.1, 0.15) is 29.5 Å². The van der Waals surface area contributed by atoms with E-state index in [-0.39, 0.29) is 17.2 Å². The molecule has 1 atom stereocenters. The summed E-state index contributed by atoms with van der Waals surface area (Å²) in [6.45, 7) is 9.45. The average Bonchev–Trinajstić information content (AvgIpc) is 2.33. The van der Waals surface area contributed by atoms with Crippen LogP contribution in [0.25, 0.3) is 10.9 Å². The molecule has 0 aliphatic rings. The number of hydrogen-bond donors (Lipinski definition) is 2. The smallest absolute Gasteiger partial charge is 0.248 e. The number of benzene rings is 1.